The van der Waals surface area contributed by atoms with E-state index in [1.165, 1.54) is 32.7 Å². The summed E-state index contributed by atoms with van der Waals surface area (Å²) in [7, 11) is 0. The summed E-state index contributed by atoms with van der Waals surface area (Å²) in [4.78, 5) is 33.2. The number of hydrogen-bond donors (Lipinski definition) is 0. The van der Waals surface area contributed by atoms with Gasteiger partial charge in [0.1, 0.15) is 0 Å². The van der Waals surface area contributed by atoms with Crippen LogP contribution in [0.15, 0.2) is 182 Å². The molecule has 0 radical (unpaired) electrons. The van der Waals surface area contributed by atoms with Crippen LogP contribution in [-0.4, -0.2) is 17.9 Å². The summed E-state index contributed by atoms with van der Waals surface area (Å²) in [6, 6.07) is 55.8. The van der Waals surface area contributed by atoms with Gasteiger partial charge in [0.25, 0.3) is 11.8 Å². The number of carbonyl (C=O) groups excluding carboxylic acids is 2. The number of imide groups is 1. The van der Waals surface area contributed by atoms with Gasteiger partial charge in [-0.25, -0.2) is 4.90 Å². The van der Waals surface area contributed by atoms with E-state index in [1.807, 2.05) is 72.8 Å². The van der Waals surface area contributed by atoms with Crippen LogP contribution in [-0.2, 0) is 0 Å². The summed E-state index contributed by atoms with van der Waals surface area (Å²) in [6.07, 6.45) is 6.84. The molecule has 2 atom stereocenters. The van der Waals surface area contributed by atoms with Gasteiger partial charge >= 0.3 is 0 Å². The van der Waals surface area contributed by atoms with E-state index in [4.69, 9.17) is 0 Å². The van der Waals surface area contributed by atoms with Gasteiger partial charge in [-0.3, -0.25) is 9.59 Å². The molecule has 2 unspecified atom stereocenters. The van der Waals surface area contributed by atoms with Crippen molar-refractivity contribution in [1.82, 2.24) is 0 Å². The summed E-state index contributed by atoms with van der Waals surface area (Å²) < 4.78 is 0. The molecule has 4 nitrogen and oxygen atoms in total. The number of carbonyl (C=O) groups is 2. The maximum atomic E-state index is 15.0. The first-order chi connectivity index (χ1) is 27.4. The molecule has 7 aromatic rings. The number of rotatable bonds is 6. The molecule has 56 heavy (non-hydrogen) atoms. The van der Waals surface area contributed by atoms with E-state index < -0.39 is 0 Å². The van der Waals surface area contributed by atoms with Gasteiger partial charge in [0, 0.05) is 17.2 Å². The second-order valence-electron chi connectivity index (χ2n) is 15.0. The third-order valence-electron chi connectivity index (χ3n) is 11.5. The Morgan fingerprint density at radius 2 is 1.05 bits per heavy atom. The van der Waals surface area contributed by atoms with E-state index in [2.05, 4.69) is 122 Å². The van der Waals surface area contributed by atoms with Crippen molar-refractivity contribution in [3.05, 3.63) is 215 Å². The summed E-state index contributed by atoms with van der Waals surface area (Å²) >= 11 is 0. The molecule has 2 aliphatic heterocycles. The first-order valence-electron chi connectivity index (χ1n) is 19.2. The second kappa shape index (κ2) is 13.4. The fourth-order valence-electron chi connectivity index (χ4n) is 8.62. The zero-order valence-corrected chi connectivity index (χ0v) is 31.2. The molecule has 4 heteroatoms. The highest BCUT2D eigenvalue weighted by atomic mass is 16.2. The summed E-state index contributed by atoms with van der Waals surface area (Å²) in [5.41, 5.74) is 15.3. The molecule has 0 N–H and O–H groups in total. The lowest BCUT2D eigenvalue weighted by atomic mass is 9.85. The van der Waals surface area contributed by atoms with Crippen molar-refractivity contribution in [3.63, 3.8) is 0 Å². The molecule has 0 aromatic heterocycles. The Labute approximate surface area is 327 Å². The molecule has 10 rings (SSSR count). The highest BCUT2D eigenvalue weighted by Gasteiger charge is 2.45. The number of hydrogen-bond acceptors (Lipinski definition) is 3. The minimum Gasteiger partial charge on any atom is -0.333 e. The van der Waals surface area contributed by atoms with Gasteiger partial charge in [0.05, 0.1) is 28.5 Å². The van der Waals surface area contributed by atoms with E-state index in [9.17, 15) is 9.59 Å². The van der Waals surface area contributed by atoms with Crippen molar-refractivity contribution < 1.29 is 9.59 Å². The normalized spacial score (nSPS) is 16.8. The quantitative estimate of drug-likeness (QED) is 0.160. The minimum absolute atomic E-state index is 0.0195. The van der Waals surface area contributed by atoms with Crippen LogP contribution in [0.25, 0.3) is 39.0 Å². The van der Waals surface area contributed by atoms with E-state index >= 15 is 0 Å². The lowest BCUT2D eigenvalue weighted by molar-refractivity contribution is 0.0926. The maximum Gasteiger partial charge on any atom is 0.268 e. The van der Waals surface area contributed by atoms with Crippen molar-refractivity contribution in [2.24, 2.45) is 0 Å². The van der Waals surface area contributed by atoms with Crippen LogP contribution in [0.5, 0.6) is 0 Å². The SMILES string of the molecule is Cc1ccc(C2=CC3c4cc(-c5ccc(C)cc5)ccc4N(c4cccc5c4C(=O)N(c4ccc(-c6ccccc6)cc4-c4ccccc4)C5=O)C3C=C2)cc1. The van der Waals surface area contributed by atoms with Crippen LogP contribution in [0.2, 0.25) is 0 Å². The van der Waals surface area contributed by atoms with E-state index in [0.717, 1.165) is 44.8 Å². The molecule has 0 fully saturated rings. The van der Waals surface area contributed by atoms with E-state index in [-0.39, 0.29) is 23.8 Å². The number of aryl methyl sites for hydroxylation is 2. The smallest absolute Gasteiger partial charge is 0.268 e. The Balaban J connectivity index is 1.10. The molecule has 0 bridgehead atoms. The molecule has 0 saturated heterocycles. The number of allylic oxidation sites excluding steroid dienone is 2. The van der Waals surface area contributed by atoms with Gasteiger partial charge < -0.3 is 4.90 Å². The molecule has 7 aromatic carbocycles. The fraction of sp³-hybridized carbons (Fsp3) is 0.0769. The predicted octanol–water partition coefficient (Wildman–Crippen LogP) is 12.4. The van der Waals surface area contributed by atoms with Crippen molar-refractivity contribution in [2.75, 3.05) is 9.80 Å². The highest BCUT2D eigenvalue weighted by molar-refractivity contribution is 6.37. The number of fused-ring (bicyclic) bond motifs is 4. The average Bonchev–Trinajstić information content (AvgIpc) is 3.71. The highest BCUT2D eigenvalue weighted by Crippen LogP contribution is 2.52. The number of anilines is 3. The van der Waals surface area contributed by atoms with Gasteiger partial charge in [0.2, 0.25) is 0 Å². The van der Waals surface area contributed by atoms with Crippen LogP contribution in [0, 0.1) is 13.8 Å². The fourth-order valence-corrected chi connectivity index (χ4v) is 8.62. The van der Waals surface area contributed by atoms with Gasteiger partial charge in [-0.2, -0.15) is 0 Å². The van der Waals surface area contributed by atoms with Crippen molar-refractivity contribution in [1.29, 1.82) is 0 Å². The summed E-state index contributed by atoms with van der Waals surface area (Å²) in [6.45, 7) is 4.21. The molecule has 3 aliphatic rings. The lowest BCUT2D eigenvalue weighted by Gasteiger charge is -2.31. The molecule has 1 aliphatic carbocycles. The Morgan fingerprint density at radius 1 is 0.464 bits per heavy atom. The monoisotopic (exact) mass is 722 g/mol. The molecule has 268 valence electrons. The van der Waals surface area contributed by atoms with Gasteiger partial charge in [-0.15, -0.1) is 0 Å². The molecular weight excluding hydrogens is 685 g/mol. The van der Waals surface area contributed by atoms with E-state index in [1.54, 1.807) is 6.07 Å². The van der Waals surface area contributed by atoms with E-state index in [0.29, 0.717) is 16.8 Å². The Bertz CT molecular complexity index is 2750. The number of nitrogens with zero attached hydrogens (tertiary/aromatic N) is 2. The molecular formula is C52H38N2O2. The Hall–Kier alpha value is -7.04. The van der Waals surface area contributed by atoms with Crippen LogP contribution < -0.4 is 9.80 Å². The average molecular weight is 723 g/mol. The molecule has 2 heterocycles. The third-order valence-corrected chi connectivity index (χ3v) is 11.5. The van der Waals surface area contributed by atoms with Crippen LogP contribution >= 0.6 is 0 Å². The molecule has 0 spiro atoms. The van der Waals surface area contributed by atoms with Crippen molar-refractivity contribution in [3.8, 4) is 33.4 Å². The van der Waals surface area contributed by atoms with Gasteiger partial charge in [0.15, 0.2) is 0 Å². The van der Waals surface area contributed by atoms with Crippen LogP contribution in [0.3, 0.4) is 0 Å². The molecule has 0 saturated carbocycles. The minimum atomic E-state index is -0.317. The van der Waals surface area contributed by atoms with Crippen LogP contribution in [0.4, 0.5) is 17.1 Å². The van der Waals surface area contributed by atoms with Crippen LogP contribution in [0.1, 0.15) is 48.9 Å². The standard InChI is InChI=1S/C52H38N2O2/c1-33-16-20-36(21-17-33)40-25-28-47-44(31-40)45-32-41(37-22-18-34(2)19-23-37)26-29-48(45)53(47)49-15-9-14-42-50(49)52(56)54(51(42)55)46-27-24-39(35-10-5-3-6-11-35)30-43(46)38-12-7-4-8-13-38/h3-32,44,47H,1-2H3. The molecule has 2 amide bonds. The predicted molar refractivity (Wildman–Crippen MR) is 228 cm³/mol. The summed E-state index contributed by atoms with van der Waals surface area (Å²) in [5.74, 6) is -0.615. The van der Waals surface area contributed by atoms with Gasteiger partial charge in [-0.1, -0.05) is 157 Å². The Morgan fingerprint density at radius 3 is 1.75 bits per heavy atom. The maximum absolute atomic E-state index is 15.0. The number of benzene rings is 7. The lowest BCUT2D eigenvalue weighted by Crippen LogP contribution is -2.32. The van der Waals surface area contributed by atoms with Crippen molar-refractivity contribution in [2.45, 2.75) is 25.8 Å². The number of amides is 2. The largest absolute Gasteiger partial charge is 0.333 e. The summed E-state index contributed by atoms with van der Waals surface area (Å²) in [5, 5.41) is 0. The van der Waals surface area contributed by atoms with Crippen molar-refractivity contribution >= 4 is 34.4 Å². The second-order valence-corrected chi connectivity index (χ2v) is 15.0. The zero-order chi connectivity index (χ0) is 37.9. The first-order valence-corrected chi connectivity index (χ1v) is 19.2. The third kappa shape index (κ3) is 5.53. The Kier molecular flexibility index (Phi) is 8.00. The topological polar surface area (TPSA) is 40.6 Å². The zero-order valence-electron chi connectivity index (χ0n) is 31.2. The first kappa shape index (κ1) is 33.5. The van der Waals surface area contributed by atoms with Gasteiger partial charge in [-0.05, 0) is 94.8 Å².